The Kier molecular flexibility index (Phi) is 7.24. The van der Waals surface area contributed by atoms with Crippen LogP contribution in [0.25, 0.3) is 0 Å². The summed E-state index contributed by atoms with van der Waals surface area (Å²) in [5, 5.41) is 8.56. The van der Waals surface area contributed by atoms with Gasteiger partial charge in [-0.25, -0.2) is 4.39 Å². The highest BCUT2D eigenvalue weighted by molar-refractivity contribution is 8.00. The van der Waals surface area contributed by atoms with Crippen molar-refractivity contribution in [1.82, 2.24) is 14.8 Å². The summed E-state index contributed by atoms with van der Waals surface area (Å²) in [6.07, 6.45) is 1.71. The van der Waals surface area contributed by atoms with Gasteiger partial charge in [0.15, 0.2) is 22.5 Å². The van der Waals surface area contributed by atoms with Crippen LogP contribution in [-0.4, -0.2) is 33.0 Å². The SMILES string of the molecule is C=CCn1c(COc2ccccc2F)nnc1S[C@@H](C)C(=O)N(C)c1ccccc1. The van der Waals surface area contributed by atoms with E-state index in [1.54, 1.807) is 36.2 Å². The fourth-order valence-electron chi connectivity index (χ4n) is 2.79. The summed E-state index contributed by atoms with van der Waals surface area (Å²) in [4.78, 5) is 14.5. The van der Waals surface area contributed by atoms with Crippen LogP contribution in [0.3, 0.4) is 0 Å². The van der Waals surface area contributed by atoms with Gasteiger partial charge in [-0.15, -0.1) is 16.8 Å². The number of allylic oxidation sites excluding steroid dienone is 1. The highest BCUT2D eigenvalue weighted by atomic mass is 32.2. The summed E-state index contributed by atoms with van der Waals surface area (Å²) < 4.78 is 21.2. The zero-order valence-corrected chi connectivity index (χ0v) is 17.7. The molecule has 1 aromatic heterocycles. The standard InChI is InChI=1S/C22H23FN4O2S/c1-4-14-27-20(15-29-19-13-9-8-12-18(19)23)24-25-22(27)30-16(2)21(28)26(3)17-10-6-5-7-11-17/h4-13,16H,1,14-15H2,2-3H3/t16-/m0/s1. The first kappa shape index (κ1) is 21.6. The van der Waals surface area contributed by atoms with Crippen LogP contribution in [0, 0.1) is 5.82 Å². The smallest absolute Gasteiger partial charge is 0.240 e. The van der Waals surface area contributed by atoms with Crippen molar-refractivity contribution in [3.05, 3.63) is 78.9 Å². The van der Waals surface area contributed by atoms with Gasteiger partial charge in [-0.05, 0) is 31.2 Å². The first-order valence-corrected chi connectivity index (χ1v) is 10.3. The highest BCUT2D eigenvalue weighted by Gasteiger charge is 2.23. The normalized spacial score (nSPS) is 11.7. The minimum absolute atomic E-state index is 0.0502. The first-order valence-electron chi connectivity index (χ1n) is 9.40. The lowest BCUT2D eigenvalue weighted by Gasteiger charge is -2.21. The molecule has 0 fully saturated rings. The molecule has 156 valence electrons. The van der Waals surface area contributed by atoms with Crippen molar-refractivity contribution in [2.75, 3.05) is 11.9 Å². The first-order chi connectivity index (χ1) is 14.5. The molecule has 6 nitrogen and oxygen atoms in total. The third-order valence-electron chi connectivity index (χ3n) is 4.40. The number of amides is 1. The summed E-state index contributed by atoms with van der Waals surface area (Å²) in [5.74, 6) is 0.179. The number of halogens is 1. The van der Waals surface area contributed by atoms with E-state index >= 15 is 0 Å². The summed E-state index contributed by atoms with van der Waals surface area (Å²) >= 11 is 1.31. The molecule has 2 aromatic carbocycles. The summed E-state index contributed by atoms with van der Waals surface area (Å²) in [5.41, 5.74) is 0.821. The largest absolute Gasteiger partial charge is 0.483 e. The molecule has 0 unspecified atom stereocenters. The average Bonchev–Trinajstić information content (AvgIpc) is 3.14. The summed E-state index contributed by atoms with van der Waals surface area (Å²) in [6.45, 7) is 6.09. The van der Waals surface area contributed by atoms with Crippen LogP contribution in [0.4, 0.5) is 10.1 Å². The molecule has 0 saturated carbocycles. The number of ether oxygens (including phenoxy) is 1. The Morgan fingerprint density at radius 3 is 2.63 bits per heavy atom. The number of carbonyl (C=O) groups excluding carboxylic acids is 1. The Bertz CT molecular complexity index is 1010. The van der Waals surface area contributed by atoms with E-state index in [1.807, 2.05) is 41.8 Å². The van der Waals surface area contributed by atoms with E-state index < -0.39 is 5.82 Å². The molecule has 1 atom stereocenters. The van der Waals surface area contributed by atoms with E-state index in [1.165, 1.54) is 17.8 Å². The van der Waals surface area contributed by atoms with Crippen LogP contribution in [0.5, 0.6) is 5.75 Å². The Morgan fingerprint density at radius 2 is 1.93 bits per heavy atom. The fourth-order valence-corrected chi connectivity index (χ4v) is 3.76. The molecular formula is C22H23FN4O2S. The van der Waals surface area contributed by atoms with Crippen LogP contribution >= 0.6 is 11.8 Å². The lowest BCUT2D eigenvalue weighted by Crippen LogP contribution is -2.33. The van der Waals surface area contributed by atoms with E-state index in [2.05, 4.69) is 16.8 Å². The quantitative estimate of drug-likeness (QED) is 0.377. The van der Waals surface area contributed by atoms with Gasteiger partial charge in [0.05, 0.1) is 5.25 Å². The van der Waals surface area contributed by atoms with Crippen LogP contribution in [0.2, 0.25) is 0 Å². The predicted molar refractivity (Wildman–Crippen MR) is 116 cm³/mol. The third kappa shape index (κ3) is 5.07. The molecule has 0 radical (unpaired) electrons. The maximum absolute atomic E-state index is 13.8. The minimum atomic E-state index is -0.440. The van der Waals surface area contributed by atoms with E-state index in [0.717, 1.165) is 5.69 Å². The topological polar surface area (TPSA) is 60.2 Å². The molecule has 0 aliphatic rings. The lowest BCUT2D eigenvalue weighted by atomic mass is 10.3. The zero-order valence-electron chi connectivity index (χ0n) is 16.9. The van der Waals surface area contributed by atoms with Crippen LogP contribution < -0.4 is 9.64 Å². The second kappa shape index (κ2) is 10.1. The minimum Gasteiger partial charge on any atom is -0.483 e. The van der Waals surface area contributed by atoms with Gasteiger partial charge in [0.1, 0.15) is 6.61 Å². The number of nitrogens with zero attached hydrogens (tertiary/aromatic N) is 4. The van der Waals surface area contributed by atoms with Crippen molar-refractivity contribution in [2.24, 2.45) is 0 Å². The summed E-state index contributed by atoms with van der Waals surface area (Å²) in [7, 11) is 1.75. The number of anilines is 1. The van der Waals surface area contributed by atoms with Gasteiger partial charge in [-0.2, -0.15) is 0 Å². The molecule has 3 aromatic rings. The van der Waals surface area contributed by atoms with Crippen molar-refractivity contribution >= 4 is 23.4 Å². The molecule has 1 amide bonds. The highest BCUT2D eigenvalue weighted by Crippen LogP contribution is 2.26. The number of hydrogen-bond acceptors (Lipinski definition) is 5. The molecular weight excluding hydrogens is 403 g/mol. The predicted octanol–water partition coefficient (Wildman–Crippen LogP) is 4.33. The third-order valence-corrected chi connectivity index (χ3v) is 5.47. The molecule has 0 saturated heterocycles. The molecule has 0 spiro atoms. The second-order valence-corrected chi connectivity index (χ2v) is 7.82. The molecule has 30 heavy (non-hydrogen) atoms. The molecule has 0 aliphatic carbocycles. The van der Waals surface area contributed by atoms with Gasteiger partial charge < -0.3 is 9.64 Å². The van der Waals surface area contributed by atoms with Crippen molar-refractivity contribution in [1.29, 1.82) is 0 Å². The van der Waals surface area contributed by atoms with Gasteiger partial charge in [-0.3, -0.25) is 9.36 Å². The number of para-hydroxylation sites is 2. The monoisotopic (exact) mass is 426 g/mol. The van der Waals surface area contributed by atoms with Crippen LogP contribution in [-0.2, 0) is 17.9 Å². The fraction of sp³-hybridized carbons (Fsp3) is 0.227. The maximum Gasteiger partial charge on any atom is 0.240 e. The van der Waals surface area contributed by atoms with Gasteiger partial charge in [-0.1, -0.05) is 48.2 Å². The van der Waals surface area contributed by atoms with Crippen LogP contribution in [0.1, 0.15) is 12.7 Å². The maximum atomic E-state index is 13.8. The number of carbonyl (C=O) groups is 1. The van der Waals surface area contributed by atoms with Crippen molar-refractivity contribution in [3.8, 4) is 5.75 Å². The zero-order chi connectivity index (χ0) is 21.5. The number of rotatable bonds is 9. The van der Waals surface area contributed by atoms with Crippen molar-refractivity contribution in [2.45, 2.75) is 30.5 Å². The van der Waals surface area contributed by atoms with E-state index in [4.69, 9.17) is 4.74 Å². The molecule has 3 rings (SSSR count). The molecule has 1 heterocycles. The molecule has 0 bridgehead atoms. The molecule has 0 N–H and O–H groups in total. The van der Waals surface area contributed by atoms with Gasteiger partial charge >= 0.3 is 0 Å². The number of benzene rings is 2. The number of thioether (sulfide) groups is 1. The Hall–Kier alpha value is -3.13. The van der Waals surface area contributed by atoms with Gasteiger partial charge in [0, 0.05) is 19.3 Å². The number of aromatic nitrogens is 3. The Balaban J connectivity index is 1.71. The second-order valence-electron chi connectivity index (χ2n) is 6.51. The Labute approximate surface area is 179 Å². The van der Waals surface area contributed by atoms with Crippen molar-refractivity contribution in [3.63, 3.8) is 0 Å². The number of hydrogen-bond donors (Lipinski definition) is 0. The lowest BCUT2D eigenvalue weighted by molar-refractivity contribution is -0.117. The van der Waals surface area contributed by atoms with Gasteiger partial charge in [0.2, 0.25) is 5.91 Å². The Morgan fingerprint density at radius 1 is 1.23 bits per heavy atom. The van der Waals surface area contributed by atoms with Crippen molar-refractivity contribution < 1.29 is 13.9 Å². The summed E-state index contributed by atoms with van der Waals surface area (Å²) in [6, 6.07) is 15.6. The van der Waals surface area contributed by atoms with E-state index in [-0.39, 0.29) is 23.5 Å². The average molecular weight is 427 g/mol. The van der Waals surface area contributed by atoms with E-state index in [9.17, 15) is 9.18 Å². The molecule has 0 aliphatic heterocycles. The van der Waals surface area contributed by atoms with Gasteiger partial charge in [0.25, 0.3) is 0 Å². The van der Waals surface area contributed by atoms with Crippen LogP contribution in [0.15, 0.2) is 72.4 Å². The molecule has 8 heteroatoms. The van der Waals surface area contributed by atoms with E-state index in [0.29, 0.717) is 17.5 Å².